The molecule has 1 atom stereocenters. The average molecular weight is 358 g/mol. The van der Waals surface area contributed by atoms with Crippen molar-refractivity contribution >= 4 is 0 Å². The van der Waals surface area contributed by atoms with Crippen LogP contribution in [0.25, 0.3) is 22.6 Å². The maximum atomic E-state index is 10.6. The number of aliphatic hydroxyl groups is 1. The molecule has 2 aromatic heterocycles. The standard InChI is InChI=1S/C22H22N4O/c1-16-23-13-20(25-16)22-21(18-10-6-3-7-11-18)24-15-26(22)14-19(27)12-17-8-4-2-5-9-17/h2-11,13,15,19,27H,12,14H2,1H3,(H,23,25). The van der Waals surface area contributed by atoms with Gasteiger partial charge in [-0.05, 0) is 12.5 Å². The summed E-state index contributed by atoms with van der Waals surface area (Å²) in [4.78, 5) is 12.3. The number of aliphatic hydroxyl groups excluding tert-OH is 1. The van der Waals surface area contributed by atoms with E-state index >= 15 is 0 Å². The Morgan fingerprint density at radius 2 is 1.70 bits per heavy atom. The van der Waals surface area contributed by atoms with Crippen molar-refractivity contribution in [2.24, 2.45) is 0 Å². The first-order valence-electron chi connectivity index (χ1n) is 9.05. The Hall–Kier alpha value is -3.18. The lowest BCUT2D eigenvalue weighted by atomic mass is 10.1. The van der Waals surface area contributed by atoms with Crippen molar-refractivity contribution in [3.63, 3.8) is 0 Å². The molecule has 136 valence electrons. The Labute approximate surface area is 158 Å². The number of hydrogen-bond donors (Lipinski definition) is 2. The average Bonchev–Trinajstić information content (AvgIpc) is 3.29. The van der Waals surface area contributed by atoms with Gasteiger partial charge < -0.3 is 14.7 Å². The largest absolute Gasteiger partial charge is 0.391 e. The Kier molecular flexibility index (Phi) is 4.85. The summed E-state index contributed by atoms with van der Waals surface area (Å²) in [6, 6.07) is 20.1. The molecule has 5 nitrogen and oxygen atoms in total. The first-order chi connectivity index (χ1) is 13.2. The summed E-state index contributed by atoms with van der Waals surface area (Å²) < 4.78 is 2.00. The molecule has 4 aromatic rings. The van der Waals surface area contributed by atoms with E-state index in [4.69, 9.17) is 0 Å². The van der Waals surface area contributed by atoms with Crippen LogP contribution in [0.3, 0.4) is 0 Å². The third kappa shape index (κ3) is 3.83. The van der Waals surface area contributed by atoms with Crippen LogP contribution in [-0.4, -0.2) is 30.7 Å². The van der Waals surface area contributed by atoms with Crippen molar-refractivity contribution in [2.75, 3.05) is 0 Å². The van der Waals surface area contributed by atoms with Crippen LogP contribution in [0.2, 0.25) is 0 Å². The molecule has 0 aliphatic carbocycles. The number of aryl methyl sites for hydroxylation is 1. The summed E-state index contributed by atoms with van der Waals surface area (Å²) in [6.45, 7) is 2.39. The Morgan fingerprint density at radius 3 is 2.37 bits per heavy atom. The van der Waals surface area contributed by atoms with E-state index in [9.17, 15) is 5.11 Å². The molecule has 0 saturated heterocycles. The van der Waals surface area contributed by atoms with E-state index in [2.05, 4.69) is 15.0 Å². The molecule has 0 spiro atoms. The summed E-state index contributed by atoms with van der Waals surface area (Å²) in [5.41, 5.74) is 4.87. The van der Waals surface area contributed by atoms with Crippen LogP contribution in [0, 0.1) is 6.92 Å². The molecule has 0 fully saturated rings. The quantitative estimate of drug-likeness (QED) is 0.550. The van der Waals surface area contributed by atoms with Crippen LogP contribution in [-0.2, 0) is 13.0 Å². The molecule has 0 bridgehead atoms. The minimum absolute atomic E-state index is 0.460. The summed E-state index contributed by atoms with van der Waals surface area (Å²) >= 11 is 0. The SMILES string of the molecule is Cc1ncc(-c2c(-c3ccccc3)ncn2CC(O)Cc2ccccc2)[nH]1. The zero-order chi connectivity index (χ0) is 18.6. The lowest BCUT2D eigenvalue weighted by Crippen LogP contribution is -2.18. The van der Waals surface area contributed by atoms with Crippen LogP contribution in [0.5, 0.6) is 0 Å². The topological polar surface area (TPSA) is 66.7 Å². The number of imidazole rings is 2. The van der Waals surface area contributed by atoms with Gasteiger partial charge in [-0.1, -0.05) is 60.7 Å². The molecule has 5 heteroatoms. The number of benzene rings is 2. The van der Waals surface area contributed by atoms with E-state index in [1.807, 2.05) is 78.4 Å². The van der Waals surface area contributed by atoms with Gasteiger partial charge in [-0.2, -0.15) is 0 Å². The number of rotatable bonds is 6. The van der Waals surface area contributed by atoms with Gasteiger partial charge in [0.05, 0.1) is 42.3 Å². The van der Waals surface area contributed by atoms with Crippen molar-refractivity contribution in [2.45, 2.75) is 26.0 Å². The highest BCUT2D eigenvalue weighted by atomic mass is 16.3. The number of aromatic amines is 1. The van der Waals surface area contributed by atoms with Crippen LogP contribution < -0.4 is 0 Å². The zero-order valence-electron chi connectivity index (χ0n) is 15.2. The molecule has 0 amide bonds. The molecular formula is C22H22N4O. The van der Waals surface area contributed by atoms with Gasteiger partial charge in [0, 0.05) is 12.0 Å². The third-order valence-corrected chi connectivity index (χ3v) is 4.56. The molecule has 2 N–H and O–H groups in total. The van der Waals surface area contributed by atoms with Crippen LogP contribution in [0.1, 0.15) is 11.4 Å². The molecule has 2 aromatic carbocycles. The fourth-order valence-corrected chi connectivity index (χ4v) is 3.33. The summed E-state index contributed by atoms with van der Waals surface area (Å²) in [6.07, 6.45) is 3.70. The molecular weight excluding hydrogens is 336 g/mol. The monoisotopic (exact) mass is 358 g/mol. The molecule has 1 unspecified atom stereocenters. The van der Waals surface area contributed by atoms with E-state index < -0.39 is 6.10 Å². The zero-order valence-corrected chi connectivity index (χ0v) is 15.2. The second kappa shape index (κ2) is 7.60. The van der Waals surface area contributed by atoms with Gasteiger partial charge in [-0.3, -0.25) is 0 Å². The molecule has 0 radical (unpaired) electrons. The molecule has 4 rings (SSSR count). The lowest BCUT2D eigenvalue weighted by molar-refractivity contribution is 0.155. The maximum Gasteiger partial charge on any atom is 0.103 e. The smallest absolute Gasteiger partial charge is 0.103 e. The number of aromatic nitrogens is 4. The summed E-state index contributed by atoms with van der Waals surface area (Å²) in [5.74, 6) is 0.849. The van der Waals surface area contributed by atoms with Gasteiger partial charge in [-0.15, -0.1) is 0 Å². The molecule has 2 heterocycles. The van der Waals surface area contributed by atoms with Gasteiger partial charge in [0.15, 0.2) is 0 Å². The minimum Gasteiger partial charge on any atom is -0.391 e. The highest BCUT2D eigenvalue weighted by Crippen LogP contribution is 2.30. The van der Waals surface area contributed by atoms with E-state index in [0.717, 1.165) is 34.0 Å². The normalized spacial score (nSPS) is 12.2. The molecule has 0 saturated carbocycles. The Bertz CT molecular complexity index is 1010. The predicted molar refractivity (Wildman–Crippen MR) is 106 cm³/mol. The highest BCUT2D eigenvalue weighted by molar-refractivity contribution is 5.76. The van der Waals surface area contributed by atoms with Crippen LogP contribution >= 0.6 is 0 Å². The van der Waals surface area contributed by atoms with Gasteiger partial charge in [0.1, 0.15) is 5.82 Å². The fraction of sp³-hybridized carbons (Fsp3) is 0.182. The van der Waals surface area contributed by atoms with Crippen LogP contribution in [0.15, 0.2) is 73.2 Å². The van der Waals surface area contributed by atoms with E-state index in [1.165, 1.54) is 0 Å². The number of nitrogens with zero attached hydrogens (tertiary/aromatic N) is 3. The summed E-state index contributed by atoms with van der Waals surface area (Å²) in [7, 11) is 0. The lowest BCUT2D eigenvalue weighted by Gasteiger charge is -2.14. The van der Waals surface area contributed by atoms with E-state index in [0.29, 0.717) is 13.0 Å². The van der Waals surface area contributed by atoms with E-state index in [1.54, 1.807) is 6.33 Å². The first-order valence-corrected chi connectivity index (χ1v) is 9.05. The third-order valence-electron chi connectivity index (χ3n) is 4.56. The Morgan fingerprint density at radius 1 is 1.00 bits per heavy atom. The van der Waals surface area contributed by atoms with Gasteiger partial charge >= 0.3 is 0 Å². The van der Waals surface area contributed by atoms with Crippen molar-refractivity contribution in [3.8, 4) is 22.6 Å². The second-order valence-electron chi connectivity index (χ2n) is 6.69. The van der Waals surface area contributed by atoms with Crippen molar-refractivity contribution < 1.29 is 5.11 Å². The van der Waals surface area contributed by atoms with Gasteiger partial charge in [0.2, 0.25) is 0 Å². The Balaban J connectivity index is 1.67. The second-order valence-corrected chi connectivity index (χ2v) is 6.69. The fourth-order valence-electron chi connectivity index (χ4n) is 3.33. The molecule has 27 heavy (non-hydrogen) atoms. The van der Waals surface area contributed by atoms with E-state index in [-0.39, 0.29) is 0 Å². The first kappa shape index (κ1) is 17.2. The minimum atomic E-state index is -0.506. The summed E-state index contributed by atoms with van der Waals surface area (Å²) in [5, 5.41) is 10.6. The van der Waals surface area contributed by atoms with Crippen molar-refractivity contribution in [1.29, 1.82) is 0 Å². The predicted octanol–water partition coefficient (Wildman–Crippen LogP) is 3.85. The van der Waals surface area contributed by atoms with Crippen molar-refractivity contribution in [1.82, 2.24) is 19.5 Å². The highest BCUT2D eigenvalue weighted by Gasteiger charge is 2.18. The molecule has 0 aliphatic rings. The molecule has 0 aliphatic heterocycles. The number of hydrogen-bond acceptors (Lipinski definition) is 3. The van der Waals surface area contributed by atoms with Crippen LogP contribution in [0.4, 0.5) is 0 Å². The van der Waals surface area contributed by atoms with Gasteiger partial charge in [-0.25, -0.2) is 9.97 Å². The maximum absolute atomic E-state index is 10.6. The van der Waals surface area contributed by atoms with Crippen molar-refractivity contribution in [3.05, 3.63) is 84.6 Å². The number of H-pyrrole nitrogens is 1. The van der Waals surface area contributed by atoms with Gasteiger partial charge in [0.25, 0.3) is 0 Å². The number of nitrogens with one attached hydrogen (secondary N) is 1.